The Morgan fingerprint density at radius 2 is 1.73 bits per heavy atom. The number of likely N-dealkylation sites (tertiary alicyclic amines) is 1. The molecule has 0 aliphatic carbocycles. The lowest BCUT2D eigenvalue weighted by Crippen LogP contribution is -2.48. The fraction of sp³-hybridized carbons (Fsp3) is 0.818. The van der Waals surface area contributed by atoms with Crippen molar-refractivity contribution in [1.29, 1.82) is 0 Å². The van der Waals surface area contributed by atoms with Gasteiger partial charge >= 0.3 is 0 Å². The molecule has 0 aromatic rings. The molecule has 0 spiro atoms. The van der Waals surface area contributed by atoms with Gasteiger partial charge in [0.25, 0.3) is 0 Å². The molecule has 1 rings (SSSR count). The van der Waals surface area contributed by atoms with Crippen LogP contribution in [-0.4, -0.2) is 29.0 Å². The summed E-state index contributed by atoms with van der Waals surface area (Å²) in [6.45, 7) is 7.62. The molecule has 86 valence electrons. The summed E-state index contributed by atoms with van der Waals surface area (Å²) in [5.41, 5.74) is -0.375. The molecular formula is C11H20N2OS. The fourth-order valence-corrected chi connectivity index (χ4v) is 1.74. The van der Waals surface area contributed by atoms with Gasteiger partial charge in [-0.3, -0.25) is 4.79 Å². The maximum atomic E-state index is 11.7. The van der Waals surface area contributed by atoms with Crippen molar-refractivity contribution < 1.29 is 4.79 Å². The summed E-state index contributed by atoms with van der Waals surface area (Å²) in [4.78, 5) is 13.8. The molecule has 0 aromatic carbocycles. The molecule has 0 bridgehead atoms. The van der Waals surface area contributed by atoms with Gasteiger partial charge < -0.3 is 10.2 Å². The summed E-state index contributed by atoms with van der Waals surface area (Å²) in [6, 6.07) is 0. The van der Waals surface area contributed by atoms with E-state index in [1.165, 1.54) is 19.3 Å². The van der Waals surface area contributed by atoms with E-state index in [-0.39, 0.29) is 11.3 Å². The Hall–Kier alpha value is -0.640. The maximum absolute atomic E-state index is 11.7. The van der Waals surface area contributed by atoms with Gasteiger partial charge in [0.1, 0.15) is 0 Å². The smallest absolute Gasteiger partial charge is 0.231 e. The number of thiocarbonyl (C=S) groups is 1. The third-order valence-corrected chi connectivity index (χ3v) is 2.91. The molecule has 1 fully saturated rings. The maximum Gasteiger partial charge on any atom is 0.231 e. The molecule has 0 aromatic heterocycles. The van der Waals surface area contributed by atoms with E-state index >= 15 is 0 Å². The highest BCUT2D eigenvalue weighted by atomic mass is 32.1. The quantitative estimate of drug-likeness (QED) is 0.643. The van der Waals surface area contributed by atoms with Gasteiger partial charge in [-0.15, -0.1) is 0 Å². The summed E-state index contributed by atoms with van der Waals surface area (Å²) in [5.74, 6) is -0.00178. The van der Waals surface area contributed by atoms with Crippen LogP contribution in [0.2, 0.25) is 0 Å². The third kappa shape index (κ3) is 3.78. The largest absolute Gasteiger partial charge is 0.349 e. The van der Waals surface area contributed by atoms with E-state index in [0.29, 0.717) is 5.11 Å². The van der Waals surface area contributed by atoms with Crippen LogP contribution in [0.15, 0.2) is 0 Å². The zero-order valence-corrected chi connectivity index (χ0v) is 10.6. The van der Waals surface area contributed by atoms with Crippen LogP contribution in [0.1, 0.15) is 40.0 Å². The number of piperidine rings is 1. The van der Waals surface area contributed by atoms with E-state index in [9.17, 15) is 4.79 Å². The van der Waals surface area contributed by atoms with Crippen molar-refractivity contribution in [3.63, 3.8) is 0 Å². The van der Waals surface area contributed by atoms with Gasteiger partial charge in [0.05, 0.1) is 0 Å². The first-order chi connectivity index (χ1) is 6.91. The molecule has 0 radical (unpaired) electrons. The molecule has 15 heavy (non-hydrogen) atoms. The van der Waals surface area contributed by atoms with Crippen LogP contribution in [0, 0.1) is 5.41 Å². The van der Waals surface area contributed by atoms with Crippen LogP contribution in [0.5, 0.6) is 0 Å². The Kier molecular flexibility index (Phi) is 4.08. The van der Waals surface area contributed by atoms with Crippen molar-refractivity contribution in [2.45, 2.75) is 40.0 Å². The Morgan fingerprint density at radius 1 is 1.20 bits per heavy atom. The van der Waals surface area contributed by atoms with Crippen molar-refractivity contribution in [1.82, 2.24) is 10.2 Å². The van der Waals surface area contributed by atoms with E-state index in [2.05, 4.69) is 10.2 Å². The molecule has 1 aliphatic heterocycles. The van der Waals surface area contributed by atoms with E-state index in [1.54, 1.807) is 0 Å². The molecule has 1 amide bonds. The molecule has 1 heterocycles. The normalized spacial score (nSPS) is 17.4. The summed E-state index contributed by atoms with van der Waals surface area (Å²) in [5, 5.41) is 3.40. The number of carbonyl (C=O) groups is 1. The van der Waals surface area contributed by atoms with E-state index < -0.39 is 0 Å². The highest BCUT2D eigenvalue weighted by Crippen LogP contribution is 2.14. The predicted octanol–water partition coefficient (Wildman–Crippen LogP) is 1.92. The minimum absolute atomic E-state index is 0.00178. The van der Waals surface area contributed by atoms with Crippen LogP contribution < -0.4 is 5.32 Å². The lowest BCUT2D eigenvalue weighted by Gasteiger charge is -2.30. The highest BCUT2D eigenvalue weighted by molar-refractivity contribution is 7.80. The molecule has 0 atom stereocenters. The zero-order chi connectivity index (χ0) is 11.5. The monoisotopic (exact) mass is 228 g/mol. The summed E-state index contributed by atoms with van der Waals surface area (Å²) >= 11 is 5.21. The number of nitrogens with one attached hydrogen (secondary N) is 1. The van der Waals surface area contributed by atoms with E-state index in [4.69, 9.17) is 12.2 Å². The zero-order valence-electron chi connectivity index (χ0n) is 9.80. The molecule has 3 nitrogen and oxygen atoms in total. The molecule has 1 saturated heterocycles. The number of rotatable bonds is 0. The first-order valence-corrected chi connectivity index (χ1v) is 5.92. The average Bonchev–Trinajstić information content (AvgIpc) is 2.17. The van der Waals surface area contributed by atoms with Gasteiger partial charge in [0.2, 0.25) is 5.91 Å². The fourth-order valence-electron chi connectivity index (χ4n) is 1.46. The van der Waals surface area contributed by atoms with Crippen LogP contribution >= 0.6 is 12.2 Å². The van der Waals surface area contributed by atoms with Crippen LogP contribution in [-0.2, 0) is 4.79 Å². The Bertz CT molecular complexity index is 252. The van der Waals surface area contributed by atoms with Crippen LogP contribution in [0.3, 0.4) is 0 Å². The van der Waals surface area contributed by atoms with Crippen LogP contribution in [0.25, 0.3) is 0 Å². The predicted molar refractivity (Wildman–Crippen MR) is 65.6 cm³/mol. The van der Waals surface area contributed by atoms with Gasteiger partial charge in [-0.1, -0.05) is 20.8 Å². The first kappa shape index (κ1) is 12.4. The van der Waals surface area contributed by atoms with Crippen molar-refractivity contribution >= 4 is 23.2 Å². The Morgan fingerprint density at radius 3 is 2.20 bits per heavy atom. The minimum atomic E-state index is -0.375. The molecule has 1 N–H and O–H groups in total. The number of amides is 1. The average molecular weight is 228 g/mol. The molecular weight excluding hydrogens is 208 g/mol. The standard InChI is InChI=1S/C11H20N2OS/c1-11(2,3)9(14)12-10(15)13-7-5-4-6-8-13/h4-8H2,1-3H3,(H,12,14,15). The van der Waals surface area contributed by atoms with Gasteiger partial charge in [-0.05, 0) is 31.5 Å². The number of hydrogen-bond acceptors (Lipinski definition) is 2. The van der Waals surface area contributed by atoms with Crippen molar-refractivity contribution in [2.75, 3.05) is 13.1 Å². The minimum Gasteiger partial charge on any atom is -0.349 e. The van der Waals surface area contributed by atoms with E-state index in [0.717, 1.165) is 13.1 Å². The highest BCUT2D eigenvalue weighted by Gasteiger charge is 2.24. The summed E-state index contributed by atoms with van der Waals surface area (Å²) < 4.78 is 0. The lowest BCUT2D eigenvalue weighted by molar-refractivity contribution is -0.127. The summed E-state index contributed by atoms with van der Waals surface area (Å²) in [6.07, 6.45) is 3.61. The lowest BCUT2D eigenvalue weighted by atomic mass is 9.96. The first-order valence-electron chi connectivity index (χ1n) is 5.51. The second kappa shape index (κ2) is 4.92. The number of hydrogen-bond donors (Lipinski definition) is 1. The van der Waals surface area contributed by atoms with E-state index in [1.807, 2.05) is 20.8 Å². The van der Waals surface area contributed by atoms with Gasteiger partial charge in [-0.2, -0.15) is 0 Å². The SMILES string of the molecule is CC(C)(C)C(=O)NC(=S)N1CCCCC1. The van der Waals surface area contributed by atoms with Gasteiger partial charge in [-0.25, -0.2) is 0 Å². The Balaban J connectivity index is 2.44. The number of carbonyl (C=O) groups excluding carboxylic acids is 1. The molecule has 0 unspecified atom stereocenters. The van der Waals surface area contributed by atoms with Crippen LogP contribution in [0.4, 0.5) is 0 Å². The van der Waals surface area contributed by atoms with Gasteiger partial charge in [0, 0.05) is 18.5 Å². The third-order valence-electron chi connectivity index (χ3n) is 2.54. The molecule has 1 aliphatic rings. The van der Waals surface area contributed by atoms with Crippen molar-refractivity contribution in [2.24, 2.45) is 5.41 Å². The molecule has 4 heteroatoms. The Labute approximate surface area is 97.2 Å². The second-order valence-electron chi connectivity index (χ2n) is 5.06. The number of nitrogens with zero attached hydrogens (tertiary/aromatic N) is 1. The second-order valence-corrected chi connectivity index (χ2v) is 5.44. The topological polar surface area (TPSA) is 32.3 Å². The van der Waals surface area contributed by atoms with Crippen molar-refractivity contribution in [3.8, 4) is 0 Å². The van der Waals surface area contributed by atoms with Gasteiger partial charge in [0.15, 0.2) is 5.11 Å². The summed E-state index contributed by atoms with van der Waals surface area (Å²) in [7, 11) is 0. The molecule has 0 saturated carbocycles. The van der Waals surface area contributed by atoms with Crippen molar-refractivity contribution in [3.05, 3.63) is 0 Å².